The number of nitrogens with two attached hydrogens (primary N) is 1. The van der Waals surface area contributed by atoms with Gasteiger partial charge >= 0.3 is 0 Å². The lowest BCUT2D eigenvalue weighted by molar-refractivity contribution is 0.532. The van der Waals surface area contributed by atoms with Gasteiger partial charge in [0.15, 0.2) is 0 Å². The second kappa shape index (κ2) is 4.12. The fourth-order valence-electron chi connectivity index (χ4n) is 1.26. The summed E-state index contributed by atoms with van der Waals surface area (Å²) in [5.41, 5.74) is 7.52. The van der Waals surface area contributed by atoms with Crippen LogP contribution in [0.2, 0.25) is 0 Å². The van der Waals surface area contributed by atoms with E-state index >= 15 is 0 Å². The molecule has 0 amide bonds. The second-order valence-corrected chi connectivity index (χ2v) is 4.51. The lowest BCUT2D eigenvalue weighted by atomic mass is 10.3. The largest absolute Gasteiger partial charge is 0.325 e. The molecular weight excluding hydrogens is 208 g/mol. The van der Waals surface area contributed by atoms with Crippen molar-refractivity contribution in [3.05, 3.63) is 23.5 Å². The molecule has 0 spiro atoms. The summed E-state index contributed by atoms with van der Waals surface area (Å²) in [5.74, 6) is 0. The third-order valence-electron chi connectivity index (χ3n) is 2.14. The average molecular weight is 222 g/mol. The van der Waals surface area contributed by atoms with Gasteiger partial charge in [0.25, 0.3) is 0 Å². The fraction of sp³-hybridized carbons (Fsp3) is 0.400. The van der Waals surface area contributed by atoms with Gasteiger partial charge < -0.3 is 5.73 Å². The summed E-state index contributed by atoms with van der Waals surface area (Å²) in [6.45, 7) is 4.70. The van der Waals surface area contributed by atoms with Crippen molar-refractivity contribution in [2.75, 3.05) is 0 Å². The van der Waals surface area contributed by atoms with Crippen LogP contribution in [0.15, 0.2) is 17.8 Å². The van der Waals surface area contributed by atoms with E-state index < -0.39 is 0 Å². The topological polar surface area (TPSA) is 56.7 Å². The summed E-state index contributed by atoms with van der Waals surface area (Å²) in [4.78, 5) is 4.41. The molecule has 0 aliphatic heterocycles. The van der Waals surface area contributed by atoms with E-state index in [1.54, 1.807) is 11.3 Å². The zero-order chi connectivity index (χ0) is 10.8. The van der Waals surface area contributed by atoms with E-state index in [0.29, 0.717) is 12.6 Å². The Balaban J connectivity index is 2.28. The summed E-state index contributed by atoms with van der Waals surface area (Å²) < 4.78 is 1.93. The van der Waals surface area contributed by atoms with Crippen LogP contribution in [0.5, 0.6) is 0 Å². The van der Waals surface area contributed by atoms with Crippen LogP contribution in [0.1, 0.15) is 25.6 Å². The highest BCUT2D eigenvalue weighted by molar-refractivity contribution is 7.13. The van der Waals surface area contributed by atoms with Crippen LogP contribution in [-0.2, 0) is 6.54 Å². The van der Waals surface area contributed by atoms with Crippen LogP contribution in [0, 0.1) is 0 Å². The summed E-state index contributed by atoms with van der Waals surface area (Å²) in [7, 11) is 0. The van der Waals surface area contributed by atoms with Crippen molar-refractivity contribution in [2.24, 2.45) is 5.73 Å². The Morgan fingerprint density at radius 1 is 1.53 bits per heavy atom. The molecule has 0 bridgehead atoms. The van der Waals surface area contributed by atoms with Gasteiger partial charge in [-0.1, -0.05) is 0 Å². The SMILES string of the molecule is CC(C)n1cc(-c2nc(CN)cs2)cn1. The van der Waals surface area contributed by atoms with Crippen LogP contribution in [0.25, 0.3) is 10.6 Å². The van der Waals surface area contributed by atoms with Crippen LogP contribution in [0.4, 0.5) is 0 Å². The number of hydrogen-bond acceptors (Lipinski definition) is 4. The van der Waals surface area contributed by atoms with Crippen LogP contribution >= 0.6 is 11.3 Å². The fourth-order valence-corrected chi connectivity index (χ4v) is 2.07. The third-order valence-corrected chi connectivity index (χ3v) is 3.08. The molecule has 0 fully saturated rings. The van der Waals surface area contributed by atoms with Crippen LogP contribution in [0.3, 0.4) is 0 Å². The normalized spacial score (nSPS) is 11.2. The maximum absolute atomic E-state index is 5.52. The maximum atomic E-state index is 5.52. The number of thiazole rings is 1. The van der Waals surface area contributed by atoms with E-state index in [9.17, 15) is 0 Å². The van der Waals surface area contributed by atoms with Gasteiger partial charge in [-0.3, -0.25) is 4.68 Å². The molecule has 0 aliphatic carbocycles. The molecule has 0 atom stereocenters. The molecule has 0 unspecified atom stereocenters. The van der Waals surface area contributed by atoms with Gasteiger partial charge in [-0.05, 0) is 13.8 Å². The molecule has 4 nitrogen and oxygen atoms in total. The van der Waals surface area contributed by atoms with Gasteiger partial charge in [-0.2, -0.15) is 5.10 Å². The highest BCUT2D eigenvalue weighted by Gasteiger charge is 2.07. The van der Waals surface area contributed by atoms with Gasteiger partial charge in [0.2, 0.25) is 0 Å². The quantitative estimate of drug-likeness (QED) is 0.864. The predicted octanol–water partition coefficient (Wildman–Crippen LogP) is 2.05. The van der Waals surface area contributed by atoms with Crippen molar-refractivity contribution < 1.29 is 0 Å². The lowest BCUT2D eigenvalue weighted by Gasteiger charge is -2.02. The molecule has 2 aromatic rings. The van der Waals surface area contributed by atoms with Crippen molar-refractivity contribution in [2.45, 2.75) is 26.4 Å². The molecule has 2 N–H and O–H groups in total. The first kappa shape index (κ1) is 10.3. The highest BCUT2D eigenvalue weighted by atomic mass is 32.1. The van der Waals surface area contributed by atoms with E-state index in [0.717, 1.165) is 16.3 Å². The molecule has 15 heavy (non-hydrogen) atoms. The van der Waals surface area contributed by atoms with Gasteiger partial charge in [-0.15, -0.1) is 11.3 Å². The summed E-state index contributed by atoms with van der Waals surface area (Å²) in [6.07, 6.45) is 3.86. The Morgan fingerprint density at radius 3 is 2.87 bits per heavy atom. The van der Waals surface area contributed by atoms with Crippen molar-refractivity contribution >= 4 is 11.3 Å². The minimum atomic E-state index is 0.382. The van der Waals surface area contributed by atoms with Crippen molar-refractivity contribution in [1.29, 1.82) is 0 Å². The molecule has 5 heteroatoms. The minimum Gasteiger partial charge on any atom is -0.325 e. The molecular formula is C10H14N4S. The molecule has 2 rings (SSSR count). The molecule has 80 valence electrons. The summed E-state index contributed by atoms with van der Waals surface area (Å²) in [6, 6.07) is 0.382. The number of aromatic nitrogens is 3. The molecule has 2 heterocycles. The zero-order valence-electron chi connectivity index (χ0n) is 8.84. The molecule has 0 aromatic carbocycles. The van der Waals surface area contributed by atoms with E-state index in [4.69, 9.17) is 5.73 Å². The second-order valence-electron chi connectivity index (χ2n) is 3.65. The Kier molecular flexibility index (Phi) is 2.83. The standard InChI is InChI=1S/C10H14N4S/c1-7(2)14-5-8(4-12-14)10-13-9(3-11)6-15-10/h4-7H,3,11H2,1-2H3. The molecule has 0 saturated heterocycles. The van der Waals surface area contributed by atoms with E-state index in [1.807, 2.05) is 22.5 Å². The summed E-state index contributed by atoms with van der Waals surface area (Å²) >= 11 is 1.61. The first-order valence-electron chi connectivity index (χ1n) is 4.89. The van der Waals surface area contributed by atoms with Crippen molar-refractivity contribution in [1.82, 2.24) is 14.8 Å². The Labute approximate surface area is 92.8 Å². The maximum Gasteiger partial charge on any atom is 0.126 e. The van der Waals surface area contributed by atoms with E-state index in [2.05, 4.69) is 23.9 Å². The Bertz CT molecular complexity index is 444. The molecule has 2 aromatic heterocycles. The summed E-state index contributed by atoms with van der Waals surface area (Å²) in [5, 5.41) is 7.26. The van der Waals surface area contributed by atoms with Gasteiger partial charge in [0.1, 0.15) is 5.01 Å². The number of rotatable bonds is 3. The molecule has 0 saturated carbocycles. The monoisotopic (exact) mass is 222 g/mol. The minimum absolute atomic E-state index is 0.382. The van der Waals surface area contributed by atoms with Gasteiger partial charge in [-0.25, -0.2) is 4.98 Å². The third kappa shape index (κ3) is 2.08. The van der Waals surface area contributed by atoms with Crippen LogP contribution in [-0.4, -0.2) is 14.8 Å². The van der Waals surface area contributed by atoms with Crippen molar-refractivity contribution in [3.63, 3.8) is 0 Å². The van der Waals surface area contributed by atoms with Gasteiger partial charge in [0, 0.05) is 29.7 Å². The van der Waals surface area contributed by atoms with Crippen LogP contribution < -0.4 is 5.73 Å². The van der Waals surface area contributed by atoms with E-state index in [-0.39, 0.29) is 0 Å². The highest BCUT2D eigenvalue weighted by Crippen LogP contribution is 2.23. The van der Waals surface area contributed by atoms with Gasteiger partial charge in [0.05, 0.1) is 11.9 Å². The first-order chi connectivity index (χ1) is 7.20. The molecule has 0 aliphatic rings. The zero-order valence-corrected chi connectivity index (χ0v) is 9.66. The lowest BCUT2D eigenvalue weighted by Crippen LogP contribution is -1.99. The Hall–Kier alpha value is -1.20. The van der Waals surface area contributed by atoms with Crippen molar-refractivity contribution in [3.8, 4) is 10.6 Å². The first-order valence-corrected chi connectivity index (χ1v) is 5.77. The number of nitrogens with zero attached hydrogens (tertiary/aromatic N) is 3. The number of hydrogen-bond donors (Lipinski definition) is 1. The Morgan fingerprint density at radius 2 is 2.33 bits per heavy atom. The average Bonchev–Trinajstić information content (AvgIpc) is 2.86. The van der Waals surface area contributed by atoms with E-state index in [1.165, 1.54) is 0 Å². The predicted molar refractivity (Wildman–Crippen MR) is 61.6 cm³/mol. The molecule has 0 radical (unpaired) electrons. The smallest absolute Gasteiger partial charge is 0.126 e.